The first kappa shape index (κ1) is 16.9. The third-order valence-electron chi connectivity index (χ3n) is 3.07. The van der Waals surface area contributed by atoms with E-state index >= 15 is 0 Å². The monoisotopic (exact) mass is 341 g/mol. The lowest BCUT2D eigenvalue weighted by Crippen LogP contribution is -2.15. The van der Waals surface area contributed by atoms with Gasteiger partial charge in [0.1, 0.15) is 28.0 Å². The third kappa shape index (κ3) is 3.65. The minimum atomic E-state index is -4.04. The van der Waals surface area contributed by atoms with Crippen LogP contribution >= 0.6 is 0 Å². The van der Waals surface area contributed by atoms with Crippen molar-refractivity contribution in [2.45, 2.75) is 4.90 Å². The minimum Gasteiger partial charge on any atom is -0.497 e. The van der Waals surface area contributed by atoms with Crippen molar-refractivity contribution >= 4 is 15.7 Å². The Morgan fingerprint density at radius 3 is 2.17 bits per heavy atom. The maximum Gasteiger partial charge on any atom is 0.265 e. The third-order valence-corrected chi connectivity index (χ3v) is 4.45. The van der Waals surface area contributed by atoms with Crippen LogP contribution < -0.4 is 18.9 Å². The lowest BCUT2D eigenvalue weighted by atomic mass is 10.3. The Labute approximate surface area is 133 Å². The van der Waals surface area contributed by atoms with E-state index in [0.717, 1.165) is 6.07 Å². The zero-order valence-electron chi connectivity index (χ0n) is 12.8. The van der Waals surface area contributed by atoms with Crippen LogP contribution in [0.3, 0.4) is 0 Å². The highest BCUT2D eigenvalue weighted by Crippen LogP contribution is 2.32. The topological polar surface area (TPSA) is 73.9 Å². The molecule has 0 aliphatic rings. The maximum atomic E-state index is 13.4. The summed E-state index contributed by atoms with van der Waals surface area (Å²) in [5.74, 6) is 0.0731. The zero-order chi connectivity index (χ0) is 17.0. The number of nitrogens with one attached hydrogen (secondary N) is 1. The lowest BCUT2D eigenvalue weighted by Gasteiger charge is -2.14. The number of anilines is 1. The predicted molar refractivity (Wildman–Crippen MR) is 83.3 cm³/mol. The van der Waals surface area contributed by atoms with E-state index in [1.807, 2.05) is 0 Å². The van der Waals surface area contributed by atoms with E-state index in [2.05, 4.69) is 4.72 Å². The van der Waals surface area contributed by atoms with Gasteiger partial charge >= 0.3 is 0 Å². The molecule has 0 saturated heterocycles. The molecule has 0 radical (unpaired) electrons. The summed E-state index contributed by atoms with van der Waals surface area (Å²) in [6, 6.07) is 7.88. The first-order valence-electron chi connectivity index (χ1n) is 6.49. The Bertz CT molecular complexity index is 808. The molecule has 1 N–H and O–H groups in total. The molecule has 0 aliphatic heterocycles. The highest BCUT2D eigenvalue weighted by atomic mass is 32.2. The van der Waals surface area contributed by atoms with Gasteiger partial charge in [-0.2, -0.15) is 0 Å². The van der Waals surface area contributed by atoms with Gasteiger partial charge < -0.3 is 14.2 Å². The second-order valence-electron chi connectivity index (χ2n) is 4.47. The summed E-state index contributed by atoms with van der Waals surface area (Å²) in [4.78, 5) is -0.134. The Hall–Kier alpha value is -2.48. The fourth-order valence-corrected chi connectivity index (χ4v) is 3.20. The highest BCUT2D eigenvalue weighted by Gasteiger charge is 2.22. The number of halogens is 1. The summed E-state index contributed by atoms with van der Waals surface area (Å²) >= 11 is 0. The van der Waals surface area contributed by atoms with Crippen LogP contribution in [0, 0.1) is 5.82 Å². The molecule has 0 bridgehead atoms. The van der Waals surface area contributed by atoms with E-state index in [9.17, 15) is 12.8 Å². The van der Waals surface area contributed by atoms with Crippen LogP contribution in [0.4, 0.5) is 10.1 Å². The van der Waals surface area contributed by atoms with Crippen molar-refractivity contribution in [3.8, 4) is 17.2 Å². The van der Waals surface area contributed by atoms with E-state index in [-0.39, 0.29) is 22.1 Å². The van der Waals surface area contributed by atoms with Crippen molar-refractivity contribution in [3.63, 3.8) is 0 Å². The van der Waals surface area contributed by atoms with Gasteiger partial charge in [0.2, 0.25) is 0 Å². The van der Waals surface area contributed by atoms with Crippen molar-refractivity contribution < 1.29 is 27.0 Å². The second kappa shape index (κ2) is 6.74. The summed E-state index contributed by atoms with van der Waals surface area (Å²) in [5.41, 5.74) is -0.0163. The van der Waals surface area contributed by atoms with Gasteiger partial charge in [0.25, 0.3) is 10.0 Å². The van der Waals surface area contributed by atoms with Gasteiger partial charge in [-0.25, -0.2) is 12.8 Å². The standard InChI is InChI=1S/C15H16FNO5S/c1-20-11-5-7-14(22-3)15(9-11)23(18,19)17-12-8-10(16)4-6-13(12)21-2/h4-9,17H,1-3H3. The van der Waals surface area contributed by atoms with Crippen LogP contribution in [0.15, 0.2) is 41.3 Å². The number of methoxy groups -OCH3 is 3. The number of sulfonamides is 1. The molecule has 8 heteroatoms. The van der Waals surface area contributed by atoms with Crippen LogP contribution in [0.2, 0.25) is 0 Å². The first-order valence-corrected chi connectivity index (χ1v) is 7.98. The molecule has 23 heavy (non-hydrogen) atoms. The van der Waals surface area contributed by atoms with Gasteiger partial charge in [-0.1, -0.05) is 0 Å². The molecule has 6 nitrogen and oxygen atoms in total. The number of hydrogen-bond donors (Lipinski definition) is 1. The fourth-order valence-electron chi connectivity index (χ4n) is 1.95. The molecule has 0 heterocycles. The van der Waals surface area contributed by atoms with E-state index in [0.29, 0.717) is 5.75 Å². The molecule has 0 aliphatic carbocycles. The summed E-state index contributed by atoms with van der Waals surface area (Å²) in [6.45, 7) is 0. The van der Waals surface area contributed by atoms with Crippen molar-refractivity contribution in [2.75, 3.05) is 26.1 Å². The maximum absolute atomic E-state index is 13.4. The van der Waals surface area contributed by atoms with Gasteiger partial charge in [0.05, 0.1) is 27.0 Å². The largest absolute Gasteiger partial charge is 0.497 e. The van der Waals surface area contributed by atoms with E-state index in [1.165, 1.54) is 45.6 Å². The van der Waals surface area contributed by atoms with Crippen LogP contribution in [0.25, 0.3) is 0 Å². The van der Waals surface area contributed by atoms with Gasteiger partial charge in [-0.05, 0) is 24.3 Å². The minimum absolute atomic E-state index is 0.0163. The number of hydrogen-bond acceptors (Lipinski definition) is 5. The molecular formula is C15H16FNO5S. The van der Waals surface area contributed by atoms with Gasteiger partial charge in [0.15, 0.2) is 0 Å². The van der Waals surface area contributed by atoms with Crippen LogP contribution in [0.5, 0.6) is 17.2 Å². The normalized spacial score (nSPS) is 11.0. The van der Waals surface area contributed by atoms with Crippen molar-refractivity contribution in [1.29, 1.82) is 0 Å². The average Bonchev–Trinajstić information content (AvgIpc) is 2.54. The molecule has 0 amide bonds. The van der Waals surface area contributed by atoms with Gasteiger partial charge in [-0.3, -0.25) is 4.72 Å². The van der Waals surface area contributed by atoms with Crippen molar-refractivity contribution in [3.05, 3.63) is 42.2 Å². The molecular weight excluding hydrogens is 325 g/mol. The summed E-state index contributed by atoms with van der Waals surface area (Å²) < 4.78 is 56.0. The van der Waals surface area contributed by atoms with Gasteiger partial charge in [-0.15, -0.1) is 0 Å². The van der Waals surface area contributed by atoms with Crippen LogP contribution in [0.1, 0.15) is 0 Å². The molecule has 0 unspecified atom stereocenters. The van der Waals surface area contributed by atoms with Crippen LogP contribution in [-0.4, -0.2) is 29.7 Å². The summed E-state index contributed by atoms with van der Waals surface area (Å²) in [7, 11) is 0.0873. The van der Waals surface area contributed by atoms with Gasteiger partial charge in [0, 0.05) is 12.1 Å². The second-order valence-corrected chi connectivity index (χ2v) is 6.12. The number of rotatable bonds is 6. The molecule has 0 fully saturated rings. The quantitative estimate of drug-likeness (QED) is 0.874. The van der Waals surface area contributed by atoms with Crippen molar-refractivity contribution in [1.82, 2.24) is 0 Å². The predicted octanol–water partition coefficient (Wildman–Crippen LogP) is 2.65. The molecule has 2 aromatic rings. The van der Waals surface area contributed by atoms with E-state index < -0.39 is 15.8 Å². The molecule has 0 atom stereocenters. The zero-order valence-corrected chi connectivity index (χ0v) is 13.6. The summed E-state index contributed by atoms with van der Waals surface area (Å²) in [6.07, 6.45) is 0. The molecule has 2 rings (SSSR count). The lowest BCUT2D eigenvalue weighted by molar-refractivity contribution is 0.392. The Morgan fingerprint density at radius 1 is 0.913 bits per heavy atom. The smallest absolute Gasteiger partial charge is 0.265 e. The number of benzene rings is 2. The van der Waals surface area contributed by atoms with Crippen molar-refractivity contribution in [2.24, 2.45) is 0 Å². The Balaban J connectivity index is 2.49. The van der Waals surface area contributed by atoms with E-state index in [1.54, 1.807) is 6.07 Å². The fraction of sp³-hybridized carbons (Fsp3) is 0.200. The Morgan fingerprint density at radius 2 is 1.57 bits per heavy atom. The SMILES string of the molecule is COc1ccc(OC)c(S(=O)(=O)Nc2cc(F)ccc2OC)c1. The van der Waals surface area contributed by atoms with E-state index in [4.69, 9.17) is 14.2 Å². The molecule has 2 aromatic carbocycles. The molecule has 0 aromatic heterocycles. The first-order chi connectivity index (χ1) is 10.9. The number of ether oxygens (including phenoxy) is 3. The highest BCUT2D eigenvalue weighted by molar-refractivity contribution is 7.92. The molecule has 0 saturated carbocycles. The summed E-state index contributed by atoms with van der Waals surface area (Å²) in [5, 5.41) is 0. The Kier molecular flexibility index (Phi) is 4.95. The molecule has 124 valence electrons. The van der Waals surface area contributed by atoms with Crippen LogP contribution in [-0.2, 0) is 10.0 Å². The molecule has 0 spiro atoms. The average molecular weight is 341 g/mol.